The molecule has 11 heteroatoms. The molecule has 0 saturated carbocycles. The predicted molar refractivity (Wildman–Crippen MR) is 125 cm³/mol. The maximum atomic E-state index is 12.9. The number of fused-ring (bicyclic) bond motifs is 1. The van der Waals surface area contributed by atoms with Crippen molar-refractivity contribution in [1.29, 1.82) is 0 Å². The summed E-state index contributed by atoms with van der Waals surface area (Å²) in [7, 11) is 0. The fourth-order valence-corrected chi connectivity index (χ4v) is 4.79. The van der Waals surface area contributed by atoms with Gasteiger partial charge in [0.1, 0.15) is 0 Å². The van der Waals surface area contributed by atoms with Crippen LogP contribution in [0.25, 0.3) is 0 Å². The molecule has 2 aromatic carbocycles. The molecule has 3 heterocycles. The molecule has 0 unspecified atom stereocenters. The number of aromatic nitrogens is 1. The fraction of sp³-hybridized carbons (Fsp3) is 0.333. The number of alkyl halides is 3. The van der Waals surface area contributed by atoms with Crippen LogP contribution >= 0.6 is 11.3 Å². The highest BCUT2D eigenvalue weighted by Gasteiger charge is 2.30. The number of hydrogen-bond acceptors (Lipinski definition) is 7. The number of piperazine rings is 1. The lowest BCUT2D eigenvalue weighted by molar-refractivity contribution is -0.137. The highest BCUT2D eigenvalue weighted by atomic mass is 32.1. The van der Waals surface area contributed by atoms with E-state index in [1.54, 1.807) is 11.4 Å². The highest BCUT2D eigenvalue weighted by molar-refractivity contribution is 7.13. The maximum Gasteiger partial charge on any atom is 0.416 e. The van der Waals surface area contributed by atoms with Gasteiger partial charge in [0.05, 0.1) is 17.7 Å². The van der Waals surface area contributed by atoms with Crippen LogP contribution in [0.15, 0.2) is 47.8 Å². The number of rotatable bonds is 6. The Balaban J connectivity index is 1.11. The zero-order valence-electron chi connectivity index (χ0n) is 18.7. The first-order chi connectivity index (χ1) is 16.8. The molecule has 2 aliphatic heterocycles. The molecular formula is C24H23F3N4O3S. The van der Waals surface area contributed by atoms with Crippen molar-refractivity contribution in [2.24, 2.45) is 0 Å². The summed E-state index contributed by atoms with van der Waals surface area (Å²) >= 11 is 1.25. The Bertz CT molecular complexity index is 1210. The monoisotopic (exact) mass is 504 g/mol. The molecule has 0 atom stereocenters. The van der Waals surface area contributed by atoms with Crippen LogP contribution in [0.4, 0.5) is 24.0 Å². The molecule has 3 aromatic rings. The van der Waals surface area contributed by atoms with Crippen LogP contribution in [0.1, 0.15) is 16.8 Å². The number of ether oxygens (including phenoxy) is 2. The molecule has 1 amide bonds. The van der Waals surface area contributed by atoms with Crippen molar-refractivity contribution < 1.29 is 27.4 Å². The quantitative estimate of drug-likeness (QED) is 0.533. The van der Waals surface area contributed by atoms with E-state index in [9.17, 15) is 18.0 Å². The van der Waals surface area contributed by atoms with Crippen LogP contribution in [0.5, 0.6) is 11.5 Å². The van der Waals surface area contributed by atoms with E-state index in [4.69, 9.17) is 9.47 Å². The summed E-state index contributed by atoms with van der Waals surface area (Å²) < 4.78 is 49.5. The van der Waals surface area contributed by atoms with Gasteiger partial charge in [0.2, 0.25) is 12.7 Å². The average molecular weight is 505 g/mol. The number of thiazole rings is 1. The number of benzene rings is 2. The number of carbonyl (C=O) groups excluding carboxylic acids is 1. The third kappa shape index (κ3) is 5.68. The lowest BCUT2D eigenvalue weighted by atomic mass is 10.1. The molecule has 184 valence electrons. The number of nitrogens with one attached hydrogen (secondary N) is 1. The first-order valence-corrected chi connectivity index (χ1v) is 12.0. The molecule has 5 rings (SSSR count). The van der Waals surface area contributed by atoms with Gasteiger partial charge >= 0.3 is 6.18 Å². The van der Waals surface area contributed by atoms with Crippen LogP contribution in [0.3, 0.4) is 0 Å². The number of nitrogens with zero attached hydrogens (tertiary/aromatic N) is 3. The average Bonchev–Trinajstić information content (AvgIpc) is 3.48. The van der Waals surface area contributed by atoms with E-state index in [1.165, 1.54) is 17.4 Å². The second-order valence-corrected chi connectivity index (χ2v) is 9.23. The van der Waals surface area contributed by atoms with Gasteiger partial charge in [-0.25, -0.2) is 4.98 Å². The molecule has 1 N–H and O–H groups in total. The molecule has 7 nitrogen and oxygen atoms in total. The van der Waals surface area contributed by atoms with Crippen LogP contribution in [0.2, 0.25) is 0 Å². The fourth-order valence-electron chi connectivity index (χ4n) is 4.06. The second kappa shape index (κ2) is 9.74. The lowest BCUT2D eigenvalue weighted by Crippen LogP contribution is -2.48. The van der Waals surface area contributed by atoms with Crippen molar-refractivity contribution in [3.63, 3.8) is 0 Å². The van der Waals surface area contributed by atoms with E-state index in [0.29, 0.717) is 29.6 Å². The van der Waals surface area contributed by atoms with Gasteiger partial charge in [-0.2, -0.15) is 13.2 Å². The van der Waals surface area contributed by atoms with Crippen molar-refractivity contribution in [1.82, 2.24) is 14.8 Å². The van der Waals surface area contributed by atoms with E-state index in [0.717, 1.165) is 48.8 Å². The van der Waals surface area contributed by atoms with Crippen LogP contribution in [-0.2, 0) is 23.9 Å². The Morgan fingerprint density at radius 2 is 1.86 bits per heavy atom. The summed E-state index contributed by atoms with van der Waals surface area (Å²) in [5, 5.41) is 5.09. The molecule has 1 aromatic heterocycles. The third-order valence-corrected chi connectivity index (χ3v) is 6.70. The van der Waals surface area contributed by atoms with Crippen molar-refractivity contribution in [3.8, 4) is 11.5 Å². The zero-order valence-corrected chi connectivity index (χ0v) is 19.5. The van der Waals surface area contributed by atoms with Gasteiger partial charge in [0.25, 0.3) is 0 Å². The van der Waals surface area contributed by atoms with Crippen LogP contribution in [-0.4, -0.2) is 53.7 Å². The minimum atomic E-state index is -4.41. The Hall–Kier alpha value is -3.31. The number of anilines is 2. The van der Waals surface area contributed by atoms with Gasteiger partial charge in [0.15, 0.2) is 16.6 Å². The summed E-state index contributed by atoms with van der Waals surface area (Å²) in [6, 6.07) is 10.9. The smallest absolute Gasteiger partial charge is 0.416 e. The van der Waals surface area contributed by atoms with E-state index in [1.807, 2.05) is 23.1 Å². The Labute approximate surface area is 204 Å². The standard InChI is InChI=1S/C24H23F3N4O3S/c25-24(26,27)17-2-1-3-18(11-17)28-23-29-19(14-35-23)12-22(32)31-8-6-30(7-9-31)13-16-4-5-20-21(10-16)34-15-33-20/h1-5,10-11,14H,6-9,12-13,15H2,(H,28,29). The minimum absolute atomic E-state index is 0.0105. The molecule has 0 bridgehead atoms. The molecule has 0 spiro atoms. The summed E-state index contributed by atoms with van der Waals surface area (Å²) in [5.41, 5.74) is 1.30. The Morgan fingerprint density at radius 3 is 2.66 bits per heavy atom. The van der Waals surface area contributed by atoms with Gasteiger partial charge in [-0.15, -0.1) is 11.3 Å². The van der Waals surface area contributed by atoms with E-state index in [-0.39, 0.29) is 19.1 Å². The van der Waals surface area contributed by atoms with Crippen molar-refractivity contribution >= 4 is 28.1 Å². The zero-order chi connectivity index (χ0) is 24.4. The van der Waals surface area contributed by atoms with Gasteiger partial charge in [-0.05, 0) is 35.9 Å². The number of hydrogen-bond donors (Lipinski definition) is 1. The van der Waals surface area contributed by atoms with Crippen molar-refractivity contribution in [2.45, 2.75) is 19.1 Å². The summed E-state index contributed by atoms with van der Waals surface area (Å²) in [4.78, 5) is 21.3. The predicted octanol–water partition coefficient (Wildman–Crippen LogP) is 4.52. The minimum Gasteiger partial charge on any atom is -0.454 e. The molecule has 2 aliphatic rings. The van der Waals surface area contributed by atoms with Crippen molar-refractivity contribution in [3.05, 3.63) is 64.7 Å². The number of amides is 1. The molecular weight excluding hydrogens is 481 g/mol. The summed E-state index contributed by atoms with van der Waals surface area (Å²) in [5.74, 6) is 1.52. The number of carbonyl (C=O) groups is 1. The van der Waals surface area contributed by atoms with Gasteiger partial charge < -0.3 is 19.7 Å². The third-order valence-electron chi connectivity index (χ3n) is 5.89. The number of halogens is 3. The summed E-state index contributed by atoms with van der Waals surface area (Å²) in [6.45, 7) is 3.81. The summed E-state index contributed by atoms with van der Waals surface area (Å²) in [6.07, 6.45) is -4.25. The van der Waals surface area contributed by atoms with Crippen molar-refractivity contribution in [2.75, 3.05) is 38.3 Å². The largest absolute Gasteiger partial charge is 0.454 e. The lowest BCUT2D eigenvalue weighted by Gasteiger charge is -2.34. The normalized spacial score (nSPS) is 15.9. The van der Waals surface area contributed by atoms with Gasteiger partial charge in [-0.1, -0.05) is 12.1 Å². The van der Waals surface area contributed by atoms with Gasteiger partial charge in [0, 0.05) is 43.8 Å². The van der Waals surface area contributed by atoms with Gasteiger partial charge in [-0.3, -0.25) is 9.69 Å². The van der Waals surface area contributed by atoms with E-state index < -0.39 is 11.7 Å². The molecule has 35 heavy (non-hydrogen) atoms. The SMILES string of the molecule is O=C(Cc1csc(Nc2cccc(C(F)(F)F)c2)n1)N1CCN(Cc2ccc3c(c2)OCO3)CC1. The second-order valence-electron chi connectivity index (χ2n) is 8.37. The molecule has 0 aliphatic carbocycles. The van der Waals surface area contributed by atoms with Crippen LogP contribution < -0.4 is 14.8 Å². The Morgan fingerprint density at radius 1 is 1.06 bits per heavy atom. The van der Waals surface area contributed by atoms with E-state index >= 15 is 0 Å². The van der Waals surface area contributed by atoms with Crippen LogP contribution in [0, 0.1) is 0 Å². The Kier molecular flexibility index (Phi) is 6.52. The molecule has 1 saturated heterocycles. The van der Waals surface area contributed by atoms with E-state index in [2.05, 4.69) is 15.2 Å². The topological polar surface area (TPSA) is 66.9 Å². The highest BCUT2D eigenvalue weighted by Crippen LogP contribution is 2.33. The first-order valence-electron chi connectivity index (χ1n) is 11.1. The molecule has 0 radical (unpaired) electrons. The molecule has 1 fully saturated rings. The first kappa shape index (κ1) is 23.4. The maximum absolute atomic E-state index is 12.9.